The minimum Gasteiger partial charge on any atom is -0.493 e. The zero-order valence-corrected chi connectivity index (χ0v) is 13.7. The molecule has 0 heterocycles. The number of carbonyl (C=O) groups is 1. The van der Waals surface area contributed by atoms with Crippen LogP contribution in [0, 0.1) is 17.0 Å². The normalized spacial score (nSPS) is 10.1. The summed E-state index contributed by atoms with van der Waals surface area (Å²) in [6, 6.07) is 9.71. The van der Waals surface area contributed by atoms with Gasteiger partial charge in [-0.05, 0) is 30.7 Å². The van der Waals surface area contributed by atoms with Gasteiger partial charge in [0.1, 0.15) is 0 Å². The van der Waals surface area contributed by atoms with E-state index in [2.05, 4.69) is 5.32 Å². The third-order valence-corrected chi connectivity index (χ3v) is 3.57. The van der Waals surface area contributed by atoms with Gasteiger partial charge < -0.3 is 14.8 Å². The molecule has 7 heteroatoms. The van der Waals surface area contributed by atoms with Crippen LogP contribution < -0.4 is 14.8 Å². The SMILES string of the molecule is COc1ccc(CNC(=O)c2ccc(C)c([N+](=O)[O-])c2)cc1OC. The largest absolute Gasteiger partial charge is 0.493 e. The zero-order chi connectivity index (χ0) is 17.7. The summed E-state index contributed by atoms with van der Waals surface area (Å²) in [6.07, 6.45) is 0. The van der Waals surface area contributed by atoms with Crippen LogP contribution in [0.2, 0.25) is 0 Å². The highest BCUT2D eigenvalue weighted by Crippen LogP contribution is 2.27. The predicted octanol–water partition coefficient (Wildman–Crippen LogP) is 2.85. The summed E-state index contributed by atoms with van der Waals surface area (Å²) in [4.78, 5) is 22.6. The van der Waals surface area contributed by atoms with Crippen molar-refractivity contribution in [3.05, 3.63) is 63.2 Å². The first-order chi connectivity index (χ1) is 11.5. The number of ether oxygens (including phenoxy) is 2. The van der Waals surface area contributed by atoms with E-state index in [9.17, 15) is 14.9 Å². The second-order valence-electron chi connectivity index (χ2n) is 5.13. The van der Waals surface area contributed by atoms with E-state index in [0.717, 1.165) is 5.56 Å². The number of hydrogen-bond acceptors (Lipinski definition) is 5. The van der Waals surface area contributed by atoms with Crippen LogP contribution in [0.3, 0.4) is 0 Å². The molecule has 0 aliphatic rings. The van der Waals surface area contributed by atoms with E-state index in [1.165, 1.54) is 13.2 Å². The number of methoxy groups -OCH3 is 2. The van der Waals surface area contributed by atoms with Crippen molar-refractivity contribution in [2.75, 3.05) is 14.2 Å². The van der Waals surface area contributed by atoms with Crippen molar-refractivity contribution in [3.63, 3.8) is 0 Å². The third kappa shape index (κ3) is 3.81. The summed E-state index contributed by atoms with van der Waals surface area (Å²) in [6.45, 7) is 1.89. The van der Waals surface area contributed by atoms with Crippen molar-refractivity contribution >= 4 is 11.6 Å². The molecule has 0 unspecified atom stereocenters. The monoisotopic (exact) mass is 330 g/mol. The first-order valence-corrected chi connectivity index (χ1v) is 7.20. The van der Waals surface area contributed by atoms with Gasteiger partial charge in [-0.2, -0.15) is 0 Å². The summed E-state index contributed by atoms with van der Waals surface area (Å²) in [5.74, 6) is 0.782. The smallest absolute Gasteiger partial charge is 0.273 e. The Labute approximate surface area is 139 Å². The average molecular weight is 330 g/mol. The van der Waals surface area contributed by atoms with Gasteiger partial charge in [-0.3, -0.25) is 14.9 Å². The number of rotatable bonds is 6. The molecule has 0 aliphatic carbocycles. The van der Waals surface area contributed by atoms with Crippen LogP contribution in [0.4, 0.5) is 5.69 Å². The lowest BCUT2D eigenvalue weighted by molar-refractivity contribution is -0.385. The lowest BCUT2D eigenvalue weighted by Gasteiger charge is -2.10. The summed E-state index contributed by atoms with van der Waals surface area (Å²) < 4.78 is 10.4. The Kier molecular flexibility index (Phi) is 5.36. The molecule has 0 bridgehead atoms. The highest BCUT2D eigenvalue weighted by Gasteiger charge is 2.15. The first-order valence-electron chi connectivity index (χ1n) is 7.20. The van der Waals surface area contributed by atoms with E-state index >= 15 is 0 Å². The molecule has 7 nitrogen and oxygen atoms in total. The minimum atomic E-state index is -0.500. The molecule has 2 aromatic rings. The van der Waals surface area contributed by atoms with Gasteiger partial charge in [-0.1, -0.05) is 12.1 Å². The van der Waals surface area contributed by atoms with Crippen molar-refractivity contribution in [2.24, 2.45) is 0 Å². The topological polar surface area (TPSA) is 90.7 Å². The van der Waals surface area contributed by atoms with E-state index in [-0.39, 0.29) is 23.7 Å². The number of carbonyl (C=O) groups excluding carboxylic acids is 1. The lowest BCUT2D eigenvalue weighted by Crippen LogP contribution is -2.23. The van der Waals surface area contributed by atoms with Crippen molar-refractivity contribution in [1.29, 1.82) is 0 Å². The Bertz CT molecular complexity index is 774. The van der Waals surface area contributed by atoms with Crippen LogP contribution in [0.1, 0.15) is 21.5 Å². The Hall–Kier alpha value is -3.09. The molecular weight excluding hydrogens is 312 g/mol. The predicted molar refractivity (Wildman–Crippen MR) is 88.5 cm³/mol. The van der Waals surface area contributed by atoms with E-state index in [1.807, 2.05) is 0 Å². The Balaban J connectivity index is 2.11. The Morgan fingerprint density at radius 3 is 2.46 bits per heavy atom. The number of nitrogens with zero attached hydrogens (tertiary/aromatic N) is 1. The highest BCUT2D eigenvalue weighted by atomic mass is 16.6. The highest BCUT2D eigenvalue weighted by molar-refractivity contribution is 5.94. The van der Waals surface area contributed by atoms with Gasteiger partial charge in [0.2, 0.25) is 0 Å². The maximum Gasteiger partial charge on any atom is 0.273 e. The minimum absolute atomic E-state index is 0.0752. The van der Waals surface area contributed by atoms with Crippen LogP contribution in [0.25, 0.3) is 0 Å². The van der Waals surface area contributed by atoms with Crippen LogP contribution in [-0.4, -0.2) is 25.1 Å². The molecule has 0 aromatic heterocycles. The number of aryl methyl sites for hydroxylation is 1. The van der Waals surface area contributed by atoms with Gasteiger partial charge in [0, 0.05) is 23.7 Å². The molecule has 0 aliphatic heterocycles. The van der Waals surface area contributed by atoms with Gasteiger partial charge in [-0.15, -0.1) is 0 Å². The van der Waals surface area contributed by atoms with Gasteiger partial charge in [0.05, 0.1) is 19.1 Å². The summed E-state index contributed by atoms with van der Waals surface area (Å²) in [5, 5.41) is 13.7. The van der Waals surface area contributed by atoms with Crippen molar-refractivity contribution in [1.82, 2.24) is 5.32 Å². The van der Waals surface area contributed by atoms with Crippen LogP contribution in [0.5, 0.6) is 11.5 Å². The zero-order valence-electron chi connectivity index (χ0n) is 13.7. The van der Waals surface area contributed by atoms with Crippen LogP contribution in [0.15, 0.2) is 36.4 Å². The van der Waals surface area contributed by atoms with Crippen molar-refractivity contribution < 1.29 is 19.2 Å². The molecule has 0 saturated heterocycles. The molecule has 0 spiro atoms. The summed E-state index contributed by atoms with van der Waals surface area (Å²) >= 11 is 0. The molecule has 1 amide bonds. The number of hydrogen-bond donors (Lipinski definition) is 1. The fraction of sp³-hybridized carbons (Fsp3) is 0.235. The molecular formula is C17H18N2O5. The fourth-order valence-electron chi connectivity index (χ4n) is 2.22. The number of nitrogens with one attached hydrogen (secondary N) is 1. The van der Waals surface area contributed by atoms with E-state index in [0.29, 0.717) is 17.1 Å². The summed E-state index contributed by atoms with van der Waals surface area (Å²) in [7, 11) is 3.08. The lowest BCUT2D eigenvalue weighted by atomic mass is 10.1. The molecule has 2 aromatic carbocycles. The van der Waals surface area contributed by atoms with E-state index < -0.39 is 4.92 Å². The standard InChI is InChI=1S/C17H18N2O5/c1-11-4-6-13(9-14(11)19(21)22)17(20)18-10-12-5-7-15(23-2)16(8-12)24-3/h4-9H,10H2,1-3H3,(H,18,20). The molecule has 0 radical (unpaired) electrons. The molecule has 0 fully saturated rings. The fourth-order valence-corrected chi connectivity index (χ4v) is 2.22. The number of nitro groups is 1. The third-order valence-electron chi connectivity index (χ3n) is 3.57. The molecule has 1 N–H and O–H groups in total. The van der Waals surface area contributed by atoms with Crippen LogP contribution in [-0.2, 0) is 6.54 Å². The molecule has 0 saturated carbocycles. The number of amides is 1. The summed E-state index contributed by atoms with van der Waals surface area (Å²) in [5.41, 5.74) is 1.50. The van der Waals surface area contributed by atoms with Crippen molar-refractivity contribution in [2.45, 2.75) is 13.5 Å². The van der Waals surface area contributed by atoms with Crippen molar-refractivity contribution in [3.8, 4) is 11.5 Å². The Morgan fingerprint density at radius 1 is 1.12 bits per heavy atom. The van der Waals surface area contributed by atoms with Gasteiger partial charge in [-0.25, -0.2) is 0 Å². The first kappa shape index (κ1) is 17.3. The van der Waals surface area contributed by atoms with Gasteiger partial charge in [0.25, 0.3) is 11.6 Å². The maximum absolute atomic E-state index is 12.2. The van der Waals surface area contributed by atoms with Gasteiger partial charge >= 0.3 is 0 Å². The van der Waals surface area contributed by atoms with E-state index in [1.54, 1.807) is 44.4 Å². The van der Waals surface area contributed by atoms with Gasteiger partial charge in [0.15, 0.2) is 11.5 Å². The van der Waals surface area contributed by atoms with E-state index in [4.69, 9.17) is 9.47 Å². The van der Waals surface area contributed by atoms with Crippen LogP contribution >= 0.6 is 0 Å². The molecule has 0 atom stereocenters. The molecule has 24 heavy (non-hydrogen) atoms. The number of nitro benzene ring substituents is 1. The second-order valence-corrected chi connectivity index (χ2v) is 5.13. The average Bonchev–Trinajstić information content (AvgIpc) is 2.59. The quantitative estimate of drug-likeness (QED) is 0.649. The Morgan fingerprint density at radius 2 is 1.83 bits per heavy atom. The maximum atomic E-state index is 12.2. The molecule has 126 valence electrons. The molecule has 2 rings (SSSR count). The second kappa shape index (κ2) is 7.45. The number of benzene rings is 2.